The summed E-state index contributed by atoms with van der Waals surface area (Å²) in [5, 5.41) is 20.3. The van der Waals surface area contributed by atoms with Crippen LogP contribution >= 0.6 is 0 Å². The molecule has 0 aliphatic rings. The third-order valence-electron chi connectivity index (χ3n) is 3.04. The fraction of sp³-hybridized carbons (Fsp3) is 0.133. The zero-order valence-corrected chi connectivity index (χ0v) is 11.6. The lowest BCUT2D eigenvalue weighted by molar-refractivity contribution is -0.384. The highest BCUT2D eigenvalue weighted by Gasteiger charge is 2.17. The Kier molecular flexibility index (Phi) is 3.89. The number of hydrogen-bond acceptors (Lipinski definition) is 4. The van der Waals surface area contributed by atoms with Gasteiger partial charge in [-0.3, -0.25) is 14.9 Å². The van der Waals surface area contributed by atoms with Crippen LogP contribution in [-0.4, -0.2) is 23.0 Å². The van der Waals surface area contributed by atoms with E-state index in [1.165, 1.54) is 29.2 Å². The minimum Gasteiger partial charge on any atom is -0.508 e. The minimum absolute atomic E-state index is 0.0439. The van der Waals surface area contributed by atoms with Crippen LogP contribution < -0.4 is 4.90 Å². The van der Waals surface area contributed by atoms with Crippen LogP contribution in [0.2, 0.25) is 0 Å². The van der Waals surface area contributed by atoms with Crippen molar-refractivity contribution in [1.29, 1.82) is 0 Å². The Morgan fingerprint density at radius 3 is 2.57 bits per heavy atom. The monoisotopic (exact) mass is 286 g/mol. The van der Waals surface area contributed by atoms with Crippen LogP contribution in [0.25, 0.3) is 0 Å². The molecule has 0 saturated carbocycles. The van der Waals surface area contributed by atoms with E-state index in [1.807, 2.05) is 0 Å². The molecule has 21 heavy (non-hydrogen) atoms. The lowest BCUT2D eigenvalue weighted by Crippen LogP contribution is -2.26. The molecule has 2 aromatic carbocycles. The van der Waals surface area contributed by atoms with Gasteiger partial charge in [0.05, 0.1) is 4.92 Å². The van der Waals surface area contributed by atoms with Crippen molar-refractivity contribution in [3.05, 3.63) is 63.7 Å². The number of carbonyl (C=O) groups is 1. The SMILES string of the molecule is Cc1cc(C(=O)N(C)c2cccc(O)c2)cc([N+](=O)[O-])c1. The number of carbonyl (C=O) groups excluding carboxylic acids is 1. The Hall–Kier alpha value is -2.89. The van der Waals surface area contributed by atoms with Crippen molar-refractivity contribution in [2.24, 2.45) is 0 Å². The molecule has 6 nitrogen and oxygen atoms in total. The summed E-state index contributed by atoms with van der Waals surface area (Å²) >= 11 is 0. The average Bonchev–Trinajstić information content (AvgIpc) is 2.45. The Labute approximate surface area is 121 Å². The molecule has 0 heterocycles. The zero-order chi connectivity index (χ0) is 15.6. The van der Waals surface area contributed by atoms with E-state index in [1.54, 1.807) is 32.2 Å². The third-order valence-corrected chi connectivity index (χ3v) is 3.04. The standard InChI is InChI=1S/C15H14N2O4/c1-10-6-11(8-13(7-10)17(20)21)15(19)16(2)12-4-3-5-14(18)9-12/h3-9,18H,1-2H3. The van der Waals surface area contributed by atoms with Crippen LogP contribution in [0.1, 0.15) is 15.9 Å². The van der Waals surface area contributed by atoms with Gasteiger partial charge in [0.15, 0.2) is 0 Å². The molecule has 108 valence electrons. The summed E-state index contributed by atoms with van der Waals surface area (Å²) in [6.45, 7) is 1.69. The molecule has 0 atom stereocenters. The number of nitro benzene ring substituents is 1. The first-order chi connectivity index (χ1) is 9.88. The van der Waals surface area contributed by atoms with Crippen molar-refractivity contribution in [1.82, 2.24) is 0 Å². The first-order valence-electron chi connectivity index (χ1n) is 6.21. The predicted molar refractivity (Wildman–Crippen MR) is 78.7 cm³/mol. The number of aryl methyl sites for hydroxylation is 1. The molecule has 0 fully saturated rings. The number of aromatic hydroxyl groups is 1. The number of amides is 1. The van der Waals surface area contributed by atoms with Crippen molar-refractivity contribution in [3.8, 4) is 5.75 Å². The topological polar surface area (TPSA) is 83.7 Å². The molecule has 1 N–H and O–H groups in total. The number of benzene rings is 2. The van der Waals surface area contributed by atoms with E-state index in [4.69, 9.17) is 0 Å². The molecule has 2 rings (SSSR count). The van der Waals surface area contributed by atoms with E-state index < -0.39 is 4.92 Å². The van der Waals surface area contributed by atoms with E-state index in [2.05, 4.69) is 0 Å². The van der Waals surface area contributed by atoms with Gasteiger partial charge in [0.1, 0.15) is 5.75 Å². The van der Waals surface area contributed by atoms with E-state index in [0.29, 0.717) is 11.3 Å². The number of rotatable bonds is 3. The van der Waals surface area contributed by atoms with Gasteiger partial charge in [0.25, 0.3) is 11.6 Å². The first-order valence-corrected chi connectivity index (χ1v) is 6.21. The molecule has 0 spiro atoms. The number of phenolic OH excluding ortho intramolecular Hbond substituents is 1. The van der Waals surface area contributed by atoms with Crippen LogP contribution in [0.4, 0.5) is 11.4 Å². The molecule has 1 amide bonds. The van der Waals surface area contributed by atoms with Crippen LogP contribution in [0.5, 0.6) is 5.75 Å². The molecule has 0 aromatic heterocycles. The Balaban J connectivity index is 2.37. The number of anilines is 1. The van der Waals surface area contributed by atoms with Gasteiger partial charge < -0.3 is 10.0 Å². The van der Waals surface area contributed by atoms with Gasteiger partial charge in [0.2, 0.25) is 0 Å². The van der Waals surface area contributed by atoms with Gasteiger partial charge in [-0.1, -0.05) is 6.07 Å². The van der Waals surface area contributed by atoms with Crippen LogP contribution in [0.15, 0.2) is 42.5 Å². The Bertz CT molecular complexity index is 713. The second-order valence-corrected chi connectivity index (χ2v) is 4.70. The summed E-state index contributed by atoms with van der Waals surface area (Å²) in [7, 11) is 1.55. The van der Waals surface area contributed by atoms with Gasteiger partial charge >= 0.3 is 0 Å². The van der Waals surface area contributed by atoms with Crippen molar-refractivity contribution >= 4 is 17.3 Å². The minimum atomic E-state index is -0.530. The highest BCUT2D eigenvalue weighted by Crippen LogP contribution is 2.23. The summed E-state index contributed by atoms with van der Waals surface area (Å²) in [5.74, 6) is -0.338. The van der Waals surface area contributed by atoms with Gasteiger partial charge in [-0.25, -0.2) is 0 Å². The number of phenols is 1. The van der Waals surface area contributed by atoms with E-state index in [-0.39, 0.29) is 22.9 Å². The third kappa shape index (κ3) is 3.17. The maximum absolute atomic E-state index is 12.4. The molecule has 6 heteroatoms. The maximum atomic E-state index is 12.4. The highest BCUT2D eigenvalue weighted by atomic mass is 16.6. The molecule has 0 aliphatic carbocycles. The molecule has 0 bridgehead atoms. The zero-order valence-electron chi connectivity index (χ0n) is 11.6. The molecule has 0 radical (unpaired) electrons. The van der Waals surface area contributed by atoms with Gasteiger partial charge in [0, 0.05) is 36.5 Å². The van der Waals surface area contributed by atoms with E-state index >= 15 is 0 Å². The Morgan fingerprint density at radius 2 is 1.95 bits per heavy atom. The van der Waals surface area contributed by atoms with Crippen molar-refractivity contribution in [2.45, 2.75) is 6.92 Å². The lowest BCUT2D eigenvalue weighted by Gasteiger charge is -2.17. The van der Waals surface area contributed by atoms with Crippen molar-refractivity contribution in [2.75, 3.05) is 11.9 Å². The summed E-state index contributed by atoms with van der Waals surface area (Å²) in [5.41, 5.74) is 1.25. The summed E-state index contributed by atoms with van der Waals surface area (Å²) in [6, 6.07) is 10.5. The normalized spacial score (nSPS) is 10.2. The Morgan fingerprint density at radius 1 is 1.24 bits per heavy atom. The van der Waals surface area contributed by atoms with Gasteiger partial charge in [-0.05, 0) is 30.7 Å². The van der Waals surface area contributed by atoms with Crippen LogP contribution in [0.3, 0.4) is 0 Å². The van der Waals surface area contributed by atoms with Crippen molar-refractivity contribution in [3.63, 3.8) is 0 Å². The largest absolute Gasteiger partial charge is 0.508 e. The smallest absolute Gasteiger partial charge is 0.270 e. The molecule has 0 unspecified atom stereocenters. The molecular weight excluding hydrogens is 272 g/mol. The number of nitrogens with zero attached hydrogens (tertiary/aromatic N) is 2. The number of hydrogen-bond donors (Lipinski definition) is 1. The highest BCUT2D eigenvalue weighted by molar-refractivity contribution is 6.06. The maximum Gasteiger partial charge on any atom is 0.270 e. The number of nitro groups is 1. The fourth-order valence-corrected chi connectivity index (χ4v) is 2.00. The summed E-state index contributed by atoms with van der Waals surface area (Å²) in [6.07, 6.45) is 0. The van der Waals surface area contributed by atoms with Gasteiger partial charge in [-0.15, -0.1) is 0 Å². The fourth-order valence-electron chi connectivity index (χ4n) is 2.00. The average molecular weight is 286 g/mol. The molecule has 0 saturated heterocycles. The second-order valence-electron chi connectivity index (χ2n) is 4.70. The van der Waals surface area contributed by atoms with E-state index in [0.717, 1.165) is 0 Å². The van der Waals surface area contributed by atoms with Crippen LogP contribution in [0, 0.1) is 17.0 Å². The molecular formula is C15H14N2O4. The van der Waals surface area contributed by atoms with Gasteiger partial charge in [-0.2, -0.15) is 0 Å². The number of non-ortho nitro benzene ring substituents is 1. The van der Waals surface area contributed by atoms with E-state index in [9.17, 15) is 20.0 Å². The predicted octanol–water partition coefficient (Wildman–Crippen LogP) is 2.89. The second kappa shape index (κ2) is 5.62. The summed E-state index contributed by atoms with van der Waals surface area (Å²) in [4.78, 5) is 24.1. The molecule has 2 aromatic rings. The lowest BCUT2D eigenvalue weighted by atomic mass is 10.1. The quantitative estimate of drug-likeness (QED) is 0.694. The molecule has 0 aliphatic heterocycles. The summed E-state index contributed by atoms with van der Waals surface area (Å²) < 4.78 is 0. The van der Waals surface area contributed by atoms with Crippen LogP contribution in [-0.2, 0) is 0 Å². The van der Waals surface area contributed by atoms with Crippen molar-refractivity contribution < 1.29 is 14.8 Å². The first kappa shape index (κ1) is 14.5.